The van der Waals surface area contributed by atoms with Crippen molar-refractivity contribution in [2.45, 2.75) is 25.5 Å². The molecule has 0 aliphatic carbocycles. The lowest BCUT2D eigenvalue weighted by molar-refractivity contribution is 0.0493. The first-order chi connectivity index (χ1) is 11.7. The number of imidazole rings is 1. The molecule has 3 aromatic heterocycles. The number of aromatic nitrogens is 4. The van der Waals surface area contributed by atoms with Crippen LogP contribution in [0.15, 0.2) is 43.0 Å². The maximum atomic E-state index is 10.6. The number of fused-ring (bicyclic) bond motifs is 1. The summed E-state index contributed by atoms with van der Waals surface area (Å²) in [6.07, 6.45) is 9.10. The van der Waals surface area contributed by atoms with E-state index in [9.17, 15) is 5.11 Å². The largest absolute Gasteiger partial charge is 0.385 e. The van der Waals surface area contributed by atoms with Crippen LogP contribution in [0.3, 0.4) is 0 Å². The van der Waals surface area contributed by atoms with Gasteiger partial charge in [-0.15, -0.1) is 0 Å². The van der Waals surface area contributed by atoms with Gasteiger partial charge >= 0.3 is 0 Å². The standard InChI is InChI=1S/C18H23N5O/c1-21-11-7-19-18(21)17(24)14-5-9-22(10-6-14)13-15-12-20-23-8-3-2-4-16(15)23/h2-4,7-8,11-12,14,17,24H,5-6,9-10,13H2,1H3/t17-/m0/s1. The second kappa shape index (κ2) is 6.37. The molecule has 1 N–H and O–H groups in total. The summed E-state index contributed by atoms with van der Waals surface area (Å²) in [6, 6.07) is 6.16. The molecule has 1 atom stereocenters. The first-order valence-electron chi connectivity index (χ1n) is 8.51. The maximum absolute atomic E-state index is 10.6. The summed E-state index contributed by atoms with van der Waals surface area (Å²) in [5.74, 6) is 1.06. The molecule has 3 aromatic rings. The molecule has 6 heteroatoms. The van der Waals surface area contributed by atoms with Crippen molar-refractivity contribution in [2.24, 2.45) is 13.0 Å². The Morgan fingerprint density at radius 3 is 2.83 bits per heavy atom. The Bertz CT molecular complexity index is 816. The highest BCUT2D eigenvalue weighted by Crippen LogP contribution is 2.30. The number of hydrogen-bond acceptors (Lipinski definition) is 4. The van der Waals surface area contributed by atoms with Crippen LogP contribution >= 0.6 is 0 Å². The van der Waals surface area contributed by atoms with Crippen LogP contribution in [0.2, 0.25) is 0 Å². The summed E-state index contributed by atoms with van der Waals surface area (Å²) in [5, 5.41) is 15.0. The molecule has 1 fully saturated rings. The summed E-state index contributed by atoms with van der Waals surface area (Å²) in [5.41, 5.74) is 2.44. The van der Waals surface area contributed by atoms with Gasteiger partial charge in [0, 0.05) is 37.7 Å². The molecular weight excluding hydrogens is 302 g/mol. The molecule has 0 spiro atoms. The molecule has 1 aliphatic rings. The molecule has 126 valence electrons. The van der Waals surface area contributed by atoms with Gasteiger partial charge in [-0.05, 0) is 44.0 Å². The fraction of sp³-hybridized carbons (Fsp3) is 0.444. The number of pyridine rings is 1. The monoisotopic (exact) mass is 325 g/mol. The van der Waals surface area contributed by atoms with E-state index in [0.29, 0.717) is 0 Å². The van der Waals surface area contributed by atoms with Crippen molar-refractivity contribution in [3.05, 3.63) is 54.4 Å². The van der Waals surface area contributed by atoms with Crippen molar-refractivity contribution in [3.8, 4) is 0 Å². The fourth-order valence-corrected chi connectivity index (χ4v) is 3.65. The third kappa shape index (κ3) is 2.83. The van der Waals surface area contributed by atoms with E-state index in [1.807, 2.05) is 40.8 Å². The van der Waals surface area contributed by atoms with Gasteiger partial charge in [0.1, 0.15) is 11.9 Å². The Morgan fingerprint density at radius 1 is 1.25 bits per heavy atom. The van der Waals surface area contributed by atoms with E-state index < -0.39 is 6.10 Å². The Morgan fingerprint density at radius 2 is 2.08 bits per heavy atom. The van der Waals surface area contributed by atoms with Crippen LogP contribution in [0.1, 0.15) is 30.3 Å². The molecule has 0 bridgehead atoms. The van der Waals surface area contributed by atoms with Gasteiger partial charge in [-0.25, -0.2) is 9.50 Å². The van der Waals surface area contributed by atoms with Crippen LogP contribution in [0.5, 0.6) is 0 Å². The molecule has 0 unspecified atom stereocenters. The van der Waals surface area contributed by atoms with E-state index >= 15 is 0 Å². The van der Waals surface area contributed by atoms with E-state index in [2.05, 4.69) is 27.1 Å². The first-order valence-corrected chi connectivity index (χ1v) is 8.51. The number of aryl methyl sites for hydroxylation is 1. The number of aliphatic hydroxyl groups excluding tert-OH is 1. The van der Waals surface area contributed by atoms with Crippen LogP contribution in [0.4, 0.5) is 0 Å². The second-order valence-electron chi connectivity index (χ2n) is 6.66. The number of hydrogen-bond donors (Lipinski definition) is 1. The summed E-state index contributed by atoms with van der Waals surface area (Å²) in [6.45, 7) is 2.91. The van der Waals surface area contributed by atoms with Gasteiger partial charge in [0.05, 0.1) is 11.7 Å². The van der Waals surface area contributed by atoms with Crippen molar-refractivity contribution >= 4 is 5.52 Å². The van der Waals surface area contributed by atoms with Crippen LogP contribution in [-0.2, 0) is 13.6 Å². The average molecular weight is 325 g/mol. The molecule has 0 radical (unpaired) electrons. The van der Waals surface area contributed by atoms with Crippen molar-refractivity contribution in [1.82, 2.24) is 24.1 Å². The molecular formula is C18H23N5O. The van der Waals surface area contributed by atoms with E-state index in [-0.39, 0.29) is 5.92 Å². The van der Waals surface area contributed by atoms with E-state index in [0.717, 1.165) is 38.3 Å². The molecule has 0 aromatic carbocycles. The zero-order chi connectivity index (χ0) is 16.5. The fourth-order valence-electron chi connectivity index (χ4n) is 3.65. The van der Waals surface area contributed by atoms with Crippen LogP contribution < -0.4 is 0 Å². The van der Waals surface area contributed by atoms with Gasteiger partial charge in [-0.3, -0.25) is 4.90 Å². The molecule has 1 saturated heterocycles. The number of aliphatic hydroxyl groups is 1. The highest BCUT2D eigenvalue weighted by Gasteiger charge is 2.28. The maximum Gasteiger partial charge on any atom is 0.137 e. The minimum absolute atomic E-state index is 0.284. The zero-order valence-corrected chi connectivity index (χ0v) is 13.9. The van der Waals surface area contributed by atoms with Crippen molar-refractivity contribution in [1.29, 1.82) is 0 Å². The van der Waals surface area contributed by atoms with Gasteiger partial charge in [-0.1, -0.05) is 6.07 Å². The normalized spacial score (nSPS) is 18.2. The van der Waals surface area contributed by atoms with E-state index in [1.54, 1.807) is 6.20 Å². The number of nitrogens with zero attached hydrogens (tertiary/aromatic N) is 5. The lowest BCUT2D eigenvalue weighted by atomic mass is 9.90. The Kier molecular flexibility index (Phi) is 4.08. The van der Waals surface area contributed by atoms with E-state index in [4.69, 9.17) is 0 Å². The van der Waals surface area contributed by atoms with E-state index in [1.165, 1.54) is 11.1 Å². The highest BCUT2D eigenvalue weighted by atomic mass is 16.3. The predicted octanol–water partition coefficient (Wildman–Crippen LogP) is 2.01. The molecule has 6 nitrogen and oxygen atoms in total. The number of likely N-dealkylation sites (tertiary alicyclic amines) is 1. The molecule has 1 aliphatic heterocycles. The van der Waals surface area contributed by atoms with Crippen molar-refractivity contribution in [3.63, 3.8) is 0 Å². The Labute approximate surface area is 141 Å². The van der Waals surface area contributed by atoms with Gasteiger partial charge in [-0.2, -0.15) is 5.10 Å². The topological polar surface area (TPSA) is 58.6 Å². The van der Waals surface area contributed by atoms with Gasteiger partial charge < -0.3 is 9.67 Å². The van der Waals surface area contributed by atoms with Crippen molar-refractivity contribution in [2.75, 3.05) is 13.1 Å². The second-order valence-corrected chi connectivity index (χ2v) is 6.66. The molecule has 4 heterocycles. The van der Waals surface area contributed by atoms with Gasteiger partial charge in [0.2, 0.25) is 0 Å². The Hall–Kier alpha value is -2.18. The van der Waals surface area contributed by atoms with Crippen molar-refractivity contribution < 1.29 is 5.11 Å². The van der Waals surface area contributed by atoms with Gasteiger partial charge in [0.25, 0.3) is 0 Å². The molecule has 4 rings (SSSR count). The molecule has 24 heavy (non-hydrogen) atoms. The average Bonchev–Trinajstić information content (AvgIpc) is 3.22. The SMILES string of the molecule is Cn1ccnc1[C@@H](O)C1CCN(Cc2cnn3ccccc23)CC1. The number of rotatable bonds is 4. The number of piperidine rings is 1. The molecule has 0 saturated carbocycles. The third-order valence-corrected chi connectivity index (χ3v) is 5.10. The predicted molar refractivity (Wildman–Crippen MR) is 91.4 cm³/mol. The zero-order valence-electron chi connectivity index (χ0n) is 13.9. The van der Waals surface area contributed by atoms with Crippen LogP contribution in [0, 0.1) is 5.92 Å². The van der Waals surface area contributed by atoms with Crippen LogP contribution in [0.25, 0.3) is 5.52 Å². The molecule has 0 amide bonds. The minimum atomic E-state index is -0.468. The summed E-state index contributed by atoms with van der Waals surface area (Å²) >= 11 is 0. The van der Waals surface area contributed by atoms with Gasteiger partial charge in [0.15, 0.2) is 0 Å². The highest BCUT2D eigenvalue weighted by molar-refractivity contribution is 5.53. The summed E-state index contributed by atoms with van der Waals surface area (Å²) in [4.78, 5) is 6.74. The first kappa shape index (κ1) is 15.4. The summed E-state index contributed by atoms with van der Waals surface area (Å²) < 4.78 is 3.84. The lowest BCUT2D eigenvalue weighted by Gasteiger charge is -2.33. The quantitative estimate of drug-likeness (QED) is 0.797. The minimum Gasteiger partial charge on any atom is -0.385 e. The third-order valence-electron chi connectivity index (χ3n) is 5.10. The lowest BCUT2D eigenvalue weighted by Crippen LogP contribution is -2.35. The van der Waals surface area contributed by atoms with Crippen LogP contribution in [-0.4, -0.2) is 42.3 Å². The summed E-state index contributed by atoms with van der Waals surface area (Å²) in [7, 11) is 1.94. The Balaban J connectivity index is 1.39. The smallest absolute Gasteiger partial charge is 0.137 e.